The number of hydrogen-bond donors (Lipinski definition) is 2. The Labute approximate surface area is 177 Å². The van der Waals surface area contributed by atoms with E-state index in [1.165, 1.54) is 37.1 Å². The summed E-state index contributed by atoms with van der Waals surface area (Å²) in [6.45, 7) is 8.02. The number of carbonyl (C=O) groups excluding carboxylic acids is 1. The lowest BCUT2D eigenvalue weighted by Crippen LogP contribution is -2.60. The molecule has 2 saturated heterocycles. The van der Waals surface area contributed by atoms with Crippen molar-refractivity contribution in [1.82, 2.24) is 19.2 Å². The van der Waals surface area contributed by atoms with Crippen molar-refractivity contribution in [1.29, 1.82) is 0 Å². The lowest BCUT2D eigenvalue weighted by atomic mass is 10.0. The zero-order valence-corrected chi connectivity index (χ0v) is 17.8. The predicted molar refractivity (Wildman–Crippen MR) is 121 cm³/mol. The smallest absolute Gasteiger partial charge is 0.259 e. The quantitative estimate of drug-likeness (QED) is 0.651. The maximum Gasteiger partial charge on any atom is 0.259 e. The molecule has 6 nitrogen and oxygen atoms in total. The molecule has 0 spiro atoms. The van der Waals surface area contributed by atoms with Crippen LogP contribution in [0.25, 0.3) is 5.65 Å². The summed E-state index contributed by atoms with van der Waals surface area (Å²) >= 11 is 0. The first kappa shape index (κ1) is 19.3. The van der Waals surface area contributed by atoms with E-state index < -0.39 is 0 Å². The van der Waals surface area contributed by atoms with E-state index in [1.807, 2.05) is 28.9 Å². The normalized spacial score (nSPS) is 26.3. The van der Waals surface area contributed by atoms with Crippen molar-refractivity contribution in [2.24, 2.45) is 0 Å². The maximum absolute atomic E-state index is 12.9. The molecule has 2 aromatic heterocycles. The zero-order valence-electron chi connectivity index (χ0n) is 17.8. The van der Waals surface area contributed by atoms with Crippen LogP contribution in [0.1, 0.15) is 42.1 Å². The number of aryl methyl sites for hydroxylation is 1. The Bertz CT molecular complexity index is 1080. The van der Waals surface area contributed by atoms with Gasteiger partial charge in [0.25, 0.3) is 5.91 Å². The van der Waals surface area contributed by atoms with Gasteiger partial charge in [-0.05, 0) is 38.1 Å². The summed E-state index contributed by atoms with van der Waals surface area (Å²) < 4.78 is 2.95. The first-order valence-corrected chi connectivity index (χ1v) is 11.0. The van der Waals surface area contributed by atoms with Gasteiger partial charge in [0, 0.05) is 68.3 Å². The van der Waals surface area contributed by atoms with Crippen molar-refractivity contribution in [3.05, 3.63) is 60.0 Å². The number of carbonyl (C=O) groups is 1. The van der Waals surface area contributed by atoms with Gasteiger partial charge in [-0.15, -0.1) is 0 Å². The molecule has 30 heavy (non-hydrogen) atoms. The Morgan fingerprint density at radius 1 is 1.27 bits per heavy atom. The van der Waals surface area contributed by atoms with Gasteiger partial charge in [-0.3, -0.25) is 9.28 Å². The SMILES string of the molecule is Cc1cc(NC(=O)c2cccn3ccnc23)ccc1[N+]1(C2CCNC2)CCCC1C. The van der Waals surface area contributed by atoms with E-state index in [-0.39, 0.29) is 5.91 Å². The molecule has 156 valence electrons. The molecule has 5 rings (SSSR count). The summed E-state index contributed by atoms with van der Waals surface area (Å²) in [5, 5.41) is 6.65. The van der Waals surface area contributed by atoms with Gasteiger partial charge in [0.1, 0.15) is 17.4 Å². The molecular formula is C24H30N5O+. The van der Waals surface area contributed by atoms with Crippen LogP contribution < -0.4 is 15.1 Å². The molecule has 0 radical (unpaired) electrons. The molecule has 3 aromatic rings. The molecule has 2 aliphatic rings. The average molecular weight is 405 g/mol. The number of quaternary nitrogens is 1. The van der Waals surface area contributed by atoms with Gasteiger partial charge in [0.15, 0.2) is 0 Å². The summed E-state index contributed by atoms with van der Waals surface area (Å²) in [5.41, 5.74) is 4.77. The number of imidazole rings is 1. The van der Waals surface area contributed by atoms with Crippen molar-refractivity contribution in [3.8, 4) is 0 Å². The number of amides is 1. The van der Waals surface area contributed by atoms with Crippen molar-refractivity contribution in [2.75, 3.05) is 25.0 Å². The third-order valence-corrected chi connectivity index (χ3v) is 7.19. The highest BCUT2D eigenvalue weighted by Gasteiger charge is 2.48. The number of hydrogen-bond acceptors (Lipinski definition) is 3. The van der Waals surface area contributed by atoms with E-state index in [1.54, 1.807) is 6.20 Å². The summed E-state index contributed by atoms with van der Waals surface area (Å²) in [4.78, 5) is 17.2. The van der Waals surface area contributed by atoms with Crippen LogP contribution in [0.4, 0.5) is 11.4 Å². The second kappa shape index (κ2) is 7.52. The second-order valence-corrected chi connectivity index (χ2v) is 8.83. The standard InChI is InChI=1S/C24H29N5O/c1-17-15-19(27-24(30)21-6-3-12-28-13-11-26-23(21)28)7-8-22(17)29(14-4-5-18(29)2)20-9-10-25-16-20/h3,6-8,11-13,15,18,20,25H,4-5,9-10,14,16H2,1-2H3/p+1. The fraction of sp³-hybridized carbons (Fsp3) is 0.417. The maximum atomic E-state index is 12.9. The molecule has 0 saturated carbocycles. The fourth-order valence-electron chi connectivity index (χ4n) is 5.75. The zero-order chi connectivity index (χ0) is 20.7. The van der Waals surface area contributed by atoms with Gasteiger partial charge in [-0.2, -0.15) is 0 Å². The van der Waals surface area contributed by atoms with E-state index in [4.69, 9.17) is 0 Å². The number of benzene rings is 1. The van der Waals surface area contributed by atoms with Gasteiger partial charge in [-0.1, -0.05) is 0 Å². The van der Waals surface area contributed by atoms with Gasteiger partial charge in [0.2, 0.25) is 0 Å². The van der Waals surface area contributed by atoms with Crippen LogP contribution in [0.15, 0.2) is 48.9 Å². The number of aromatic nitrogens is 2. The van der Waals surface area contributed by atoms with Crippen molar-refractivity contribution in [3.63, 3.8) is 0 Å². The second-order valence-electron chi connectivity index (χ2n) is 8.83. The van der Waals surface area contributed by atoms with E-state index in [2.05, 4.69) is 47.7 Å². The van der Waals surface area contributed by atoms with Gasteiger partial charge in [0.05, 0.1) is 18.2 Å². The monoisotopic (exact) mass is 404 g/mol. The largest absolute Gasteiger partial charge is 0.322 e. The molecule has 1 aromatic carbocycles. The number of anilines is 1. The first-order valence-electron chi connectivity index (χ1n) is 11.0. The summed E-state index contributed by atoms with van der Waals surface area (Å²) in [6.07, 6.45) is 9.26. The van der Waals surface area contributed by atoms with E-state index in [0.717, 1.165) is 23.3 Å². The highest BCUT2D eigenvalue weighted by Crippen LogP contribution is 2.41. The lowest BCUT2D eigenvalue weighted by molar-refractivity contribution is 0.102. The molecule has 6 heteroatoms. The number of nitrogens with one attached hydrogen (secondary N) is 2. The van der Waals surface area contributed by atoms with Gasteiger partial charge < -0.3 is 15.0 Å². The molecule has 3 unspecified atom stereocenters. The Kier molecular flexibility index (Phi) is 4.83. The predicted octanol–water partition coefficient (Wildman–Crippen LogP) is 3.75. The molecule has 0 bridgehead atoms. The van der Waals surface area contributed by atoms with Crippen LogP contribution in [0.3, 0.4) is 0 Å². The average Bonchev–Trinajstić information content (AvgIpc) is 3.49. The molecule has 1 amide bonds. The molecule has 4 heterocycles. The minimum Gasteiger partial charge on any atom is -0.322 e. The van der Waals surface area contributed by atoms with Crippen LogP contribution in [-0.2, 0) is 0 Å². The van der Waals surface area contributed by atoms with Crippen LogP contribution in [0.5, 0.6) is 0 Å². The fourth-order valence-corrected chi connectivity index (χ4v) is 5.75. The van der Waals surface area contributed by atoms with E-state index in [0.29, 0.717) is 23.3 Å². The third kappa shape index (κ3) is 3.02. The van der Waals surface area contributed by atoms with Crippen molar-refractivity contribution in [2.45, 2.75) is 45.2 Å². The van der Waals surface area contributed by atoms with Crippen LogP contribution in [0, 0.1) is 6.92 Å². The van der Waals surface area contributed by atoms with Gasteiger partial charge in [-0.25, -0.2) is 4.98 Å². The highest BCUT2D eigenvalue weighted by molar-refractivity contribution is 6.08. The number of pyridine rings is 1. The van der Waals surface area contributed by atoms with Crippen molar-refractivity contribution < 1.29 is 4.79 Å². The summed E-state index contributed by atoms with van der Waals surface area (Å²) in [7, 11) is 0. The van der Waals surface area contributed by atoms with E-state index in [9.17, 15) is 4.79 Å². The van der Waals surface area contributed by atoms with Gasteiger partial charge >= 0.3 is 0 Å². The number of rotatable bonds is 4. The van der Waals surface area contributed by atoms with Crippen LogP contribution in [0.2, 0.25) is 0 Å². The molecular weight excluding hydrogens is 374 g/mol. The first-order chi connectivity index (χ1) is 14.6. The number of likely N-dealkylation sites (tertiary alicyclic amines) is 1. The highest BCUT2D eigenvalue weighted by atomic mass is 16.1. The topological polar surface area (TPSA) is 58.4 Å². The number of fused-ring (bicyclic) bond motifs is 1. The summed E-state index contributed by atoms with van der Waals surface area (Å²) in [5.74, 6) is -0.127. The Balaban J connectivity index is 1.44. The lowest BCUT2D eigenvalue weighted by Gasteiger charge is -2.44. The molecule has 2 fully saturated rings. The molecule has 2 N–H and O–H groups in total. The van der Waals surface area contributed by atoms with E-state index >= 15 is 0 Å². The van der Waals surface area contributed by atoms with Crippen LogP contribution >= 0.6 is 0 Å². The third-order valence-electron chi connectivity index (χ3n) is 7.19. The summed E-state index contributed by atoms with van der Waals surface area (Å²) in [6, 6.07) is 11.4. The molecule has 2 aliphatic heterocycles. The Hall–Kier alpha value is -2.70. The van der Waals surface area contributed by atoms with Crippen LogP contribution in [-0.4, -0.2) is 47.0 Å². The van der Waals surface area contributed by atoms with Crippen molar-refractivity contribution >= 4 is 22.9 Å². The number of nitrogens with zero attached hydrogens (tertiary/aromatic N) is 3. The minimum atomic E-state index is -0.127. The molecule has 0 aliphatic carbocycles. The Morgan fingerprint density at radius 2 is 2.17 bits per heavy atom. The Morgan fingerprint density at radius 3 is 2.90 bits per heavy atom. The molecule has 3 atom stereocenters. The minimum absolute atomic E-state index is 0.127.